The van der Waals surface area contributed by atoms with Gasteiger partial charge < -0.3 is 10.6 Å². The molecule has 2 heterocycles. The highest BCUT2D eigenvalue weighted by molar-refractivity contribution is 7.09. The normalized spacial score (nSPS) is 10.6. The molecule has 5 nitrogen and oxygen atoms in total. The van der Waals surface area contributed by atoms with Crippen molar-refractivity contribution in [3.05, 3.63) is 28.0 Å². The van der Waals surface area contributed by atoms with Gasteiger partial charge in [-0.15, -0.1) is 11.3 Å². The van der Waals surface area contributed by atoms with Gasteiger partial charge in [0.1, 0.15) is 17.5 Å². The Balaban J connectivity index is 2.17. The van der Waals surface area contributed by atoms with Crippen molar-refractivity contribution in [3.8, 4) is 0 Å². The van der Waals surface area contributed by atoms with Gasteiger partial charge in [0.05, 0.1) is 17.2 Å². The van der Waals surface area contributed by atoms with Crippen molar-refractivity contribution in [2.75, 3.05) is 17.7 Å². The fourth-order valence-electron chi connectivity index (χ4n) is 1.66. The van der Waals surface area contributed by atoms with Crippen LogP contribution in [0.1, 0.15) is 23.4 Å². The molecule has 96 valence electrons. The Kier molecular flexibility index (Phi) is 3.76. The average molecular weight is 263 g/mol. The maximum atomic E-state index is 5.78. The Morgan fingerprint density at radius 2 is 2.11 bits per heavy atom. The summed E-state index contributed by atoms with van der Waals surface area (Å²) in [6.45, 7) is 4.75. The predicted molar refractivity (Wildman–Crippen MR) is 74.8 cm³/mol. The molecule has 0 aliphatic carbocycles. The molecule has 0 atom stereocenters. The van der Waals surface area contributed by atoms with E-state index in [0.29, 0.717) is 5.82 Å². The Bertz CT molecular complexity index is 537. The first kappa shape index (κ1) is 12.8. The van der Waals surface area contributed by atoms with E-state index >= 15 is 0 Å². The van der Waals surface area contributed by atoms with E-state index in [4.69, 9.17) is 5.73 Å². The van der Waals surface area contributed by atoms with Crippen molar-refractivity contribution in [2.45, 2.75) is 26.8 Å². The standard InChI is InChI=1S/C12H17N5S/c1-4-11-15-10(13)5-12(16-11)17(3)6-9-7-18-8(2)14-9/h5,7H,4,6H2,1-3H3,(H2,13,15,16). The SMILES string of the molecule is CCc1nc(N)cc(N(C)Cc2csc(C)n2)n1. The van der Waals surface area contributed by atoms with Crippen molar-refractivity contribution in [3.63, 3.8) is 0 Å². The molecule has 0 aromatic carbocycles. The molecule has 0 saturated heterocycles. The number of anilines is 2. The zero-order chi connectivity index (χ0) is 13.1. The number of hydrogen-bond donors (Lipinski definition) is 1. The van der Waals surface area contributed by atoms with Crippen molar-refractivity contribution >= 4 is 23.0 Å². The summed E-state index contributed by atoms with van der Waals surface area (Å²) in [5, 5.41) is 3.15. The molecule has 2 aromatic heterocycles. The molecular formula is C12H17N5S. The van der Waals surface area contributed by atoms with Gasteiger partial charge in [-0.1, -0.05) is 6.92 Å². The van der Waals surface area contributed by atoms with E-state index in [1.807, 2.05) is 25.8 Å². The van der Waals surface area contributed by atoms with Crippen LogP contribution in [-0.4, -0.2) is 22.0 Å². The first-order valence-electron chi connectivity index (χ1n) is 5.84. The zero-order valence-corrected chi connectivity index (χ0v) is 11.7. The van der Waals surface area contributed by atoms with Gasteiger partial charge in [0.2, 0.25) is 0 Å². The molecule has 2 N–H and O–H groups in total. The first-order valence-corrected chi connectivity index (χ1v) is 6.72. The van der Waals surface area contributed by atoms with Crippen LogP contribution in [0.3, 0.4) is 0 Å². The lowest BCUT2D eigenvalue weighted by molar-refractivity contribution is 0.844. The molecule has 18 heavy (non-hydrogen) atoms. The largest absolute Gasteiger partial charge is 0.384 e. The van der Waals surface area contributed by atoms with Crippen LogP contribution < -0.4 is 10.6 Å². The maximum Gasteiger partial charge on any atom is 0.134 e. The highest BCUT2D eigenvalue weighted by Gasteiger charge is 2.08. The summed E-state index contributed by atoms with van der Waals surface area (Å²) < 4.78 is 0. The van der Waals surface area contributed by atoms with Crippen LogP contribution in [-0.2, 0) is 13.0 Å². The first-order chi connectivity index (χ1) is 8.58. The highest BCUT2D eigenvalue weighted by atomic mass is 32.1. The number of nitrogens with two attached hydrogens (primary N) is 1. The second kappa shape index (κ2) is 5.30. The number of nitrogens with zero attached hydrogens (tertiary/aromatic N) is 4. The van der Waals surface area contributed by atoms with E-state index in [9.17, 15) is 0 Å². The van der Waals surface area contributed by atoms with Crippen LogP contribution in [0.4, 0.5) is 11.6 Å². The highest BCUT2D eigenvalue weighted by Crippen LogP contribution is 2.16. The third-order valence-electron chi connectivity index (χ3n) is 2.55. The van der Waals surface area contributed by atoms with E-state index in [0.717, 1.165) is 35.3 Å². The summed E-state index contributed by atoms with van der Waals surface area (Å²) in [4.78, 5) is 15.1. The summed E-state index contributed by atoms with van der Waals surface area (Å²) in [5.74, 6) is 2.12. The Morgan fingerprint density at radius 3 is 2.72 bits per heavy atom. The van der Waals surface area contributed by atoms with Gasteiger partial charge in [0, 0.05) is 24.9 Å². The molecule has 0 fully saturated rings. The van der Waals surface area contributed by atoms with Crippen LogP contribution in [0.2, 0.25) is 0 Å². The molecule has 0 radical (unpaired) electrons. The van der Waals surface area contributed by atoms with Gasteiger partial charge >= 0.3 is 0 Å². The Morgan fingerprint density at radius 1 is 1.33 bits per heavy atom. The van der Waals surface area contributed by atoms with E-state index < -0.39 is 0 Å². The van der Waals surface area contributed by atoms with Crippen molar-refractivity contribution in [1.29, 1.82) is 0 Å². The van der Waals surface area contributed by atoms with Crippen LogP contribution >= 0.6 is 11.3 Å². The van der Waals surface area contributed by atoms with Crippen LogP contribution in [0.15, 0.2) is 11.4 Å². The minimum Gasteiger partial charge on any atom is -0.384 e. The van der Waals surface area contributed by atoms with Crippen molar-refractivity contribution in [1.82, 2.24) is 15.0 Å². The van der Waals surface area contributed by atoms with E-state index in [1.165, 1.54) is 0 Å². The second-order valence-electron chi connectivity index (χ2n) is 4.13. The monoisotopic (exact) mass is 263 g/mol. The summed E-state index contributed by atoms with van der Waals surface area (Å²) in [6, 6.07) is 1.79. The Hall–Kier alpha value is -1.69. The fourth-order valence-corrected chi connectivity index (χ4v) is 2.27. The fraction of sp³-hybridized carbons (Fsp3) is 0.417. The third-order valence-corrected chi connectivity index (χ3v) is 3.37. The molecule has 0 aliphatic heterocycles. The lowest BCUT2D eigenvalue weighted by atomic mass is 10.4. The van der Waals surface area contributed by atoms with Gasteiger partial charge in [-0.25, -0.2) is 15.0 Å². The number of hydrogen-bond acceptors (Lipinski definition) is 6. The molecule has 0 spiro atoms. The minimum atomic E-state index is 0.512. The second-order valence-corrected chi connectivity index (χ2v) is 5.20. The zero-order valence-electron chi connectivity index (χ0n) is 10.8. The quantitative estimate of drug-likeness (QED) is 0.914. The lowest BCUT2D eigenvalue weighted by Gasteiger charge is -2.17. The molecule has 2 aromatic rings. The van der Waals surface area contributed by atoms with E-state index in [-0.39, 0.29) is 0 Å². The smallest absolute Gasteiger partial charge is 0.134 e. The summed E-state index contributed by atoms with van der Waals surface area (Å²) in [7, 11) is 1.98. The number of rotatable bonds is 4. The maximum absolute atomic E-state index is 5.78. The van der Waals surface area contributed by atoms with Gasteiger partial charge in [-0.3, -0.25) is 0 Å². The van der Waals surface area contributed by atoms with Gasteiger partial charge in [-0.05, 0) is 6.92 Å². The van der Waals surface area contributed by atoms with Gasteiger partial charge in [0.15, 0.2) is 0 Å². The molecule has 6 heteroatoms. The van der Waals surface area contributed by atoms with E-state index in [2.05, 4.69) is 20.3 Å². The lowest BCUT2D eigenvalue weighted by Crippen LogP contribution is -2.19. The number of thiazole rings is 1. The number of aryl methyl sites for hydroxylation is 2. The molecule has 2 rings (SSSR count). The molecule has 0 amide bonds. The topological polar surface area (TPSA) is 67.9 Å². The molecule has 0 saturated carbocycles. The Labute approximate surface area is 111 Å². The summed E-state index contributed by atoms with van der Waals surface area (Å²) >= 11 is 1.66. The third kappa shape index (κ3) is 2.95. The molecule has 0 unspecified atom stereocenters. The minimum absolute atomic E-state index is 0.512. The van der Waals surface area contributed by atoms with Gasteiger partial charge in [-0.2, -0.15) is 0 Å². The number of nitrogen functional groups attached to an aromatic ring is 1. The predicted octanol–water partition coefficient (Wildman–Crippen LogP) is 2.02. The number of aromatic nitrogens is 3. The summed E-state index contributed by atoms with van der Waals surface area (Å²) in [6.07, 6.45) is 0.779. The molecule has 0 bridgehead atoms. The summed E-state index contributed by atoms with van der Waals surface area (Å²) in [5.41, 5.74) is 6.83. The van der Waals surface area contributed by atoms with Crippen LogP contribution in [0.25, 0.3) is 0 Å². The van der Waals surface area contributed by atoms with Crippen LogP contribution in [0.5, 0.6) is 0 Å². The van der Waals surface area contributed by atoms with E-state index in [1.54, 1.807) is 17.4 Å². The van der Waals surface area contributed by atoms with Crippen molar-refractivity contribution < 1.29 is 0 Å². The molecule has 0 aliphatic rings. The van der Waals surface area contributed by atoms with Crippen molar-refractivity contribution in [2.24, 2.45) is 0 Å². The van der Waals surface area contributed by atoms with Crippen LogP contribution in [0, 0.1) is 6.92 Å². The van der Waals surface area contributed by atoms with Gasteiger partial charge in [0.25, 0.3) is 0 Å². The molecular weight excluding hydrogens is 246 g/mol. The average Bonchev–Trinajstić information content (AvgIpc) is 2.73.